The van der Waals surface area contributed by atoms with Crippen molar-refractivity contribution in [1.29, 1.82) is 0 Å². The predicted octanol–water partition coefficient (Wildman–Crippen LogP) is 4.17. The van der Waals surface area contributed by atoms with E-state index in [9.17, 15) is 0 Å². The fourth-order valence-corrected chi connectivity index (χ4v) is 2.32. The topological polar surface area (TPSA) is 18.5 Å². The quantitative estimate of drug-likeness (QED) is 0.578. The largest absolute Gasteiger partial charge is 0.346 e. The number of benzene rings is 1. The van der Waals surface area contributed by atoms with Gasteiger partial charge < -0.3 is 9.47 Å². The van der Waals surface area contributed by atoms with Gasteiger partial charge in [0.1, 0.15) is 0 Å². The first-order valence-corrected chi connectivity index (χ1v) is 7.70. The van der Waals surface area contributed by atoms with Crippen molar-refractivity contribution in [2.24, 2.45) is 0 Å². The van der Waals surface area contributed by atoms with Crippen LogP contribution in [-0.2, 0) is 9.47 Å². The van der Waals surface area contributed by atoms with Crippen LogP contribution in [0.2, 0.25) is 0 Å². The second-order valence-corrected chi connectivity index (χ2v) is 5.14. The summed E-state index contributed by atoms with van der Waals surface area (Å²) in [7, 11) is 0. The van der Waals surface area contributed by atoms with E-state index in [4.69, 9.17) is 9.47 Å². The number of allylic oxidation sites excluding steroid dienone is 2. The molecular formula is C16H19BrO2. The van der Waals surface area contributed by atoms with E-state index >= 15 is 0 Å². The minimum Gasteiger partial charge on any atom is -0.346 e. The average Bonchev–Trinajstić information content (AvgIpc) is 2.47. The number of rotatable bonds is 6. The molecule has 0 saturated carbocycles. The summed E-state index contributed by atoms with van der Waals surface area (Å²) in [6.07, 6.45) is 7.04. The van der Waals surface area contributed by atoms with Crippen molar-refractivity contribution in [3.05, 3.63) is 54.1 Å². The van der Waals surface area contributed by atoms with Gasteiger partial charge in [0.05, 0.1) is 6.61 Å². The van der Waals surface area contributed by atoms with Gasteiger partial charge >= 0.3 is 0 Å². The zero-order chi connectivity index (χ0) is 13.6. The van der Waals surface area contributed by atoms with Crippen molar-refractivity contribution in [2.75, 3.05) is 18.5 Å². The number of hydrogen-bond donors (Lipinski definition) is 0. The van der Waals surface area contributed by atoms with E-state index in [0.717, 1.165) is 11.8 Å². The van der Waals surface area contributed by atoms with Crippen LogP contribution in [0.3, 0.4) is 0 Å². The van der Waals surface area contributed by atoms with Crippen LogP contribution in [0.25, 0.3) is 5.57 Å². The van der Waals surface area contributed by atoms with Crippen LogP contribution < -0.4 is 0 Å². The Bertz CT molecular complexity index is 453. The first kappa shape index (κ1) is 14.5. The molecule has 0 bridgehead atoms. The van der Waals surface area contributed by atoms with Gasteiger partial charge in [-0.05, 0) is 24.1 Å². The van der Waals surface area contributed by atoms with E-state index in [2.05, 4.69) is 52.3 Å². The standard InChI is InChI=1S/C16H19BrO2/c1-2-18-16(19-13-12-17)10-8-15(9-11-16)14-6-4-3-5-7-14/h3-10H,2,11-13H2,1H3. The molecule has 0 radical (unpaired) electrons. The molecule has 0 saturated heterocycles. The van der Waals surface area contributed by atoms with Gasteiger partial charge in [-0.2, -0.15) is 0 Å². The van der Waals surface area contributed by atoms with Gasteiger partial charge in [0.2, 0.25) is 0 Å². The molecule has 3 heteroatoms. The van der Waals surface area contributed by atoms with Gasteiger partial charge in [0.25, 0.3) is 0 Å². The van der Waals surface area contributed by atoms with Crippen molar-refractivity contribution in [3.8, 4) is 0 Å². The van der Waals surface area contributed by atoms with E-state index in [1.54, 1.807) is 0 Å². The number of ether oxygens (including phenoxy) is 2. The molecule has 0 fully saturated rings. The molecule has 1 atom stereocenters. The first-order chi connectivity index (χ1) is 9.29. The Kier molecular flexibility index (Phi) is 5.37. The Morgan fingerprint density at radius 1 is 1.21 bits per heavy atom. The fourth-order valence-electron chi connectivity index (χ4n) is 2.16. The molecule has 2 nitrogen and oxygen atoms in total. The van der Waals surface area contributed by atoms with E-state index in [0.29, 0.717) is 13.2 Å². The third-order valence-corrected chi connectivity index (χ3v) is 3.37. The third-order valence-electron chi connectivity index (χ3n) is 3.04. The molecule has 0 aliphatic heterocycles. The zero-order valence-corrected chi connectivity index (χ0v) is 12.7. The highest BCUT2D eigenvalue weighted by Gasteiger charge is 2.29. The summed E-state index contributed by atoms with van der Waals surface area (Å²) in [5, 5.41) is 0.810. The summed E-state index contributed by atoms with van der Waals surface area (Å²) in [4.78, 5) is 0. The summed E-state index contributed by atoms with van der Waals surface area (Å²) < 4.78 is 11.6. The van der Waals surface area contributed by atoms with Gasteiger partial charge in [-0.15, -0.1) is 0 Å². The van der Waals surface area contributed by atoms with Gasteiger partial charge in [-0.1, -0.05) is 58.4 Å². The minimum absolute atomic E-state index is 0.596. The molecule has 102 valence electrons. The van der Waals surface area contributed by atoms with Crippen LogP contribution in [0.5, 0.6) is 0 Å². The highest BCUT2D eigenvalue weighted by Crippen LogP contribution is 2.30. The SMILES string of the molecule is CCOC1(OCCBr)C=CC(c2ccccc2)=CC1. The van der Waals surface area contributed by atoms with E-state index in [1.165, 1.54) is 11.1 Å². The molecule has 1 aromatic rings. The first-order valence-electron chi connectivity index (χ1n) is 6.58. The Morgan fingerprint density at radius 2 is 2.00 bits per heavy atom. The van der Waals surface area contributed by atoms with Gasteiger partial charge in [0.15, 0.2) is 5.79 Å². The van der Waals surface area contributed by atoms with Crippen molar-refractivity contribution in [1.82, 2.24) is 0 Å². The van der Waals surface area contributed by atoms with Crippen LogP contribution in [0.4, 0.5) is 0 Å². The number of alkyl halides is 1. The van der Waals surface area contributed by atoms with Crippen LogP contribution in [0.15, 0.2) is 48.6 Å². The second kappa shape index (κ2) is 7.04. The van der Waals surface area contributed by atoms with Crippen molar-refractivity contribution in [2.45, 2.75) is 19.1 Å². The van der Waals surface area contributed by atoms with Crippen LogP contribution >= 0.6 is 15.9 Å². The number of hydrogen-bond acceptors (Lipinski definition) is 2. The highest BCUT2D eigenvalue weighted by molar-refractivity contribution is 9.09. The van der Waals surface area contributed by atoms with Crippen molar-refractivity contribution >= 4 is 21.5 Å². The van der Waals surface area contributed by atoms with Gasteiger partial charge in [-0.25, -0.2) is 0 Å². The molecule has 0 heterocycles. The number of halogens is 1. The third kappa shape index (κ3) is 3.78. The van der Waals surface area contributed by atoms with Crippen LogP contribution in [0, 0.1) is 0 Å². The lowest BCUT2D eigenvalue weighted by molar-refractivity contribution is -0.196. The summed E-state index contributed by atoms with van der Waals surface area (Å²) in [6.45, 7) is 3.27. The molecule has 2 rings (SSSR count). The highest BCUT2D eigenvalue weighted by atomic mass is 79.9. The average molecular weight is 323 g/mol. The van der Waals surface area contributed by atoms with Gasteiger partial charge in [0, 0.05) is 18.4 Å². The Morgan fingerprint density at radius 3 is 2.58 bits per heavy atom. The summed E-state index contributed by atoms with van der Waals surface area (Å²) in [6, 6.07) is 10.4. The molecule has 0 aromatic heterocycles. The molecule has 1 unspecified atom stereocenters. The Labute approximate surface area is 123 Å². The molecule has 1 aliphatic carbocycles. The van der Waals surface area contributed by atoms with E-state index < -0.39 is 5.79 Å². The lowest BCUT2D eigenvalue weighted by atomic mass is 9.96. The smallest absolute Gasteiger partial charge is 0.191 e. The molecule has 1 aliphatic rings. The summed E-state index contributed by atoms with van der Waals surface area (Å²) >= 11 is 3.38. The molecule has 0 spiro atoms. The predicted molar refractivity (Wildman–Crippen MR) is 82.3 cm³/mol. The van der Waals surface area contributed by atoms with Crippen LogP contribution in [-0.4, -0.2) is 24.3 Å². The molecular weight excluding hydrogens is 304 g/mol. The monoisotopic (exact) mass is 322 g/mol. The van der Waals surface area contributed by atoms with E-state index in [-0.39, 0.29) is 0 Å². The normalized spacial score (nSPS) is 22.3. The fraction of sp³-hybridized carbons (Fsp3) is 0.375. The summed E-state index contributed by atoms with van der Waals surface area (Å²) in [5.41, 5.74) is 2.45. The lowest BCUT2D eigenvalue weighted by Gasteiger charge is -2.32. The van der Waals surface area contributed by atoms with Crippen LogP contribution in [0.1, 0.15) is 18.9 Å². The van der Waals surface area contributed by atoms with Gasteiger partial charge in [-0.3, -0.25) is 0 Å². The maximum atomic E-state index is 5.84. The molecule has 19 heavy (non-hydrogen) atoms. The Balaban J connectivity index is 2.10. The second-order valence-electron chi connectivity index (χ2n) is 4.35. The van der Waals surface area contributed by atoms with Crippen molar-refractivity contribution < 1.29 is 9.47 Å². The van der Waals surface area contributed by atoms with Crippen molar-refractivity contribution in [3.63, 3.8) is 0 Å². The maximum Gasteiger partial charge on any atom is 0.191 e. The van der Waals surface area contributed by atoms with E-state index in [1.807, 2.05) is 19.1 Å². The molecule has 0 amide bonds. The molecule has 1 aromatic carbocycles. The Hall–Kier alpha value is -0.900. The molecule has 0 N–H and O–H groups in total. The summed E-state index contributed by atoms with van der Waals surface area (Å²) in [5.74, 6) is -0.596. The maximum absolute atomic E-state index is 5.84. The zero-order valence-electron chi connectivity index (χ0n) is 11.1. The lowest BCUT2D eigenvalue weighted by Crippen LogP contribution is -2.35. The minimum atomic E-state index is -0.596.